The predicted octanol–water partition coefficient (Wildman–Crippen LogP) is 4.79. The Labute approximate surface area is 227 Å². The zero-order chi connectivity index (χ0) is 27.1. The van der Waals surface area contributed by atoms with Crippen molar-refractivity contribution in [3.8, 4) is 0 Å². The van der Waals surface area contributed by atoms with Crippen LogP contribution in [0.5, 0.6) is 0 Å². The summed E-state index contributed by atoms with van der Waals surface area (Å²) in [4.78, 5) is 26.4. The van der Waals surface area contributed by atoms with Gasteiger partial charge in [0.2, 0.25) is 5.90 Å². The lowest BCUT2D eigenvalue weighted by Gasteiger charge is -2.20. The minimum absolute atomic E-state index is 0.0589. The van der Waals surface area contributed by atoms with E-state index < -0.39 is 0 Å². The highest BCUT2D eigenvalue weighted by molar-refractivity contribution is 6.28. The molecule has 0 bridgehead atoms. The van der Waals surface area contributed by atoms with Crippen molar-refractivity contribution >= 4 is 28.9 Å². The van der Waals surface area contributed by atoms with Crippen LogP contribution in [-0.2, 0) is 13.0 Å². The third-order valence-corrected chi connectivity index (χ3v) is 7.87. The zero-order valence-corrected chi connectivity index (χ0v) is 22.3. The van der Waals surface area contributed by atoms with E-state index in [1.165, 1.54) is 25.1 Å². The minimum Gasteiger partial charge on any atom is -0.493 e. The van der Waals surface area contributed by atoms with Crippen molar-refractivity contribution < 1.29 is 14.3 Å². The molecular weight excluding hydrogens is 495 g/mol. The van der Waals surface area contributed by atoms with Crippen LogP contribution >= 0.6 is 0 Å². The zero-order valence-electron chi connectivity index (χ0n) is 22.3. The molecule has 4 heterocycles. The number of aliphatic hydroxyl groups is 1. The number of likely N-dealkylation sites (tertiary alicyclic amines) is 1. The number of amides is 1. The average Bonchev–Trinajstić information content (AvgIpc) is 3.63. The monoisotopic (exact) mass is 528 g/mol. The van der Waals surface area contributed by atoms with Crippen molar-refractivity contribution in [2.45, 2.75) is 45.7 Å². The maximum atomic E-state index is 13.8. The Bertz CT molecular complexity index is 1450. The van der Waals surface area contributed by atoms with E-state index in [2.05, 4.69) is 20.5 Å². The highest BCUT2D eigenvalue weighted by Crippen LogP contribution is 2.38. The van der Waals surface area contributed by atoms with Crippen LogP contribution in [-0.4, -0.2) is 64.6 Å². The molecular formula is C30H33FN6O2. The Morgan fingerprint density at radius 3 is 2.69 bits per heavy atom. The highest BCUT2D eigenvalue weighted by Gasteiger charge is 2.32. The van der Waals surface area contributed by atoms with Crippen molar-refractivity contribution in [1.29, 1.82) is 0 Å². The summed E-state index contributed by atoms with van der Waals surface area (Å²) in [6, 6.07) is 8.52. The molecule has 1 amide bonds. The molecule has 0 radical (unpaired) electrons. The van der Waals surface area contributed by atoms with E-state index in [0.29, 0.717) is 35.6 Å². The number of aryl methyl sites for hydroxylation is 1. The molecule has 0 saturated carbocycles. The molecule has 2 aromatic carbocycles. The molecule has 6 rings (SSSR count). The molecule has 0 spiro atoms. The lowest BCUT2D eigenvalue weighted by Crippen LogP contribution is -2.33. The van der Waals surface area contributed by atoms with Gasteiger partial charge in [-0.25, -0.2) is 9.38 Å². The van der Waals surface area contributed by atoms with Crippen molar-refractivity contribution in [2.75, 3.05) is 36.8 Å². The first-order valence-corrected chi connectivity index (χ1v) is 13.6. The number of nitrogens with one attached hydrogen (secondary N) is 2. The number of allylic oxidation sites excluding steroid dienone is 1. The van der Waals surface area contributed by atoms with Gasteiger partial charge in [-0.05, 0) is 93.2 Å². The topological polar surface area (TPSA) is 92.6 Å². The summed E-state index contributed by atoms with van der Waals surface area (Å²) in [5, 5.41) is 17.4. The molecule has 9 heteroatoms. The lowest BCUT2D eigenvalue weighted by atomic mass is 10.0. The molecule has 4 aliphatic heterocycles. The second kappa shape index (κ2) is 10.3. The van der Waals surface area contributed by atoms with E-state index in [1.54, 1.807) is 18.2 Å². The highest BCUT2D eigenvalue weighted by atomic mass is 19.1. The molecule has 0 aromatic heterocycles. The van der Waals surface area contributed by atoms with Crippen LogP contribution in [0.4, 0.5) is 15.8 Å². The fourth-order valence-electron chi connectivity index (χ4n) is 5.75. The number of fused-ring (bicyclic) bond motifs is 2. The molecule has 1 atom stereocenters. The van der Waals surface area contributed by atoms with Gasteiger partial charge < -0.3 is 25.5 Å². The Hall–Kier alpha value is -3.98. The van der Waals surface area contributed by atoms with Crippen molar-refractivity contribution in [3.05, 3.63) is 82.1 Å². The fourth-order valence-corrected chi connectivity index (χ4v) is 5.75. The summed E-state index contributed by atoms with van der Waals surface area (Å²) in [7, 11) is 0. The maximum Gasteiger partial charge on any atom is 0.254 e. The minimum atomic E-state index is -0.266. The summed E-state index contributed by atoms with van der Waals surface area (Å²) >= 11 is 0. The fraction of sp³-hybridized carbons (Fsp3) is 0.367. The second-order valence-electron chi connectivity index (χ2n) is 10.7. The SMILES string of the molecule is Cc1ccc(F)cc1C[C@H](C)/N=C1\C=CN=C(O)\C1=C1/Nc2cc3c(cc2N1)C(=O)N(CCN1CCCC1)C3. The van der Waals surface area contributed by atoms with Gasteiger partial charge in [0.25, 0.3) is 5.91 Å². The van der Waals surface area contributed by atoms with Gasteiger partial charge in [-0.15, -0.1) is 0 Å². The third-order valence-electron chi connectivity index (χ3n) is 7.87. The van der Waals surface area contributed by atoms with E-state index in [0.717, 1.165) is 54.2 Å². The number of anilines is 2. The first kappa shape index (κ1) is 25.3. The van der Waals surface area contributed by atoms with Gasteiger partial charge in [-0.1, -0.05) is 6.07 Å². The summed E-state index contributed by atoms with van der Waals surface area (Å²) < 4.78 is 13.8. The second-order valence-corrected chi connectivity index (χ2v) is 10.7. The summed E-state index contributed by atoms with van der Waals surface area (Å²) in [5.74, 6) is 0.205. The number of nitrogens with zero attached hydrogens (tertiary/aromatic N) is 4. The van der Waals surface area contributed by atoms with Crippen LogP contribution in [0.25, 0.3) is 0 Å². The number of aliphatic imine (C=N–C) groups is 2. The molecule has 202 valence electrons. The Kier molecular flexibility index (Phi) is 6.68. The maximum absolute atomic E-state index is 13.8. The van der Waals surface area contributed by atoms with Gasteiger partial charge in [0, 0.05) is 31.4 Å². The van der Waals surface area contributed by atoms with Gasteiger partial charge in [0.15, 0.2) is 0 Å². The number of hydrogen-bond acceptors (Lipinski definition) is 6. The van der Waals surface area contributed by atoms with Crippen molar-refractivity contribution in [3.63, 3.8) is 0 Å². The summed E-state index contributed by atoms with van der Waals surface area (Å²) in [5.41, 5.74) is 6.26. The average molecular weight is 529 g/mol. The molecule has 1 fully saturated rings. The number of carbonyl (C=O) groups excluding carboxylic acids is 1. The van der Waals surface area contributed by atoms with Crippen LogP contribution in [0.2, 0.25) is 0 Å². The first-order valence-electron chi connectivity index (χ1n) is 13.6. The molecule has 39 heavy (non-hydrogen) atoms. The van der Waals surface area contributed by atoms with E-state index in [1.807, 2.05) is 30.9 Å². The van der Waals surface area contributed by atoms with Crippen LogP contribution in [0.1, 0.15) is 46.8 Å². The van der Waals surface area contributed by atoms with Gasteiger partial charge in [0.05, 0.1) is 23.1 Å². The molecule has 3 N–H and O–H groups in total. The number of halogens is 1. The van der Waals surface area contributed by atoms with Gasteiger partial charge >= 0.3 is 0 Å². The van der Waals surface area contributed by atoms with Crippen molar-refractivity contribution in [1.82, 2.24) is 9.80 Å². The third kappa shape index (κ3) is 5.06. The Morgan fingerprint density at radius 1 is 1.13 bits per heavy atom. The molecule has 1 saturated heterocycles. The molecule has 8 nitrogen and oxygen atoms in total. The van der Waals surface area contributed by atoms with Crippen LogP contribution in [0.15, 0.2) is 64.0 Å². The largest absolute Gasteiger partial charge is 0.493 e. The number of rotatable bonds is 6. The standard InChI is InChI=1S/C30H33FN6O2/c1-18-5-6-22(31)14-20(18)13-19(2)33-24-7-8-32-29(38)27(24)28-34-25-15-21-17-37(12-11-36-9-3-4-10-36)30(39)23(21)16-26(25)35-28/h5-8,14-16,19,34-35H,3-4,9-13,17H2,1-2H3,(H,32,38)/b28-27+,33-24+/t19-/m0/s1. The van der Waals surface area contributed by atoms with E-state index in [4.69, 9.17) is 4.99 Å². The first-order chi connectivity index (χ1) is 18.9. The van der Waals surface area contributed by atoms with Gasteiger partial charge in [-0.3, -0.25) is 9.79 Å². The van der Waals surface area contributed by atoms with E-state index >= 15 is 0 Å². The normalized spacial score (nSPS) is 22.1. The van der Waals surface area contributed by atoms with Crippen LogP contribution in [0, 0.1) is 12.7 Å². The Morgan fingerprint density at radius 2 is 1.90 bits per heavy atom. The summed E-state index contributed by atoms with van der Waals surface area (Å²) in [6.45, 7) is 8.41. The van der Waals surface area contributed by atoms with Crippen LogP contribution < -0.4 is 10.6 Å². The van der Waals surface area contributed by atoms with Crippen molar-refractivity contribution in [2.24, 2.45) is 9.98 Å². The predicted molar refractivity (Wildman–Crippen MR) is 152 cm³/mol. The number of aliphatic hydroxyl groups excluding tert-OH is 1. The number of carbonyl (C=O) groups is 1. The van der Waals surface area contributed by atoms with E-state index in [9.17, 15) is 14.3 Å². The number of benzene rings is 2. The quantitative estimate of drug-likeness (QED) is 0.502. The smallest absolute Gasteiger partial charge is 0.254 e. The Balaban J connectivity index is 1.21. The van der Waals surface area contributed by atoms with Gasteiger partial charge in [0.1, 0.15) is 17.2 Å². The van der Waals surface area contributed by atoms with Gasteiger partial charge in [-0.2, -0.15) is 0 Å². The lowest BCUT2D eigenvalue weighted by molar-refractivity contribution is 0.0763. The summed E-state index contributed by atoms with van der Waals surface area (Å²) in [6.07, 6.45) is 6.31. The molecule has 2 aromatic rings. The molecule has 4 aliphatic rings. The van der Waals surface area contributed by atoms with E-state index in [-0.39, 0.29) is 23.7 Å². The van der Waals surface area contributed by atoms with Crippen LogP contribution in [0.3, 0.4) is 0 Å². The molecule has 0 unspecified atom stereocenters. The number of hydrogen-bond donors (Lipinski definition) is 3. The molecule has 0 aliphatic carbocycles.